The number of nitrogens with one attached hydrogen (secondary N) is 1. The molecule has 5 N–H and O–H groups in total. The number of rotatable bonds is 9. The smallest absolute Gasteiger partial charge is 0.328 e. The second-order valence-corrected chi connectivity index (χ2v) is 6.32. The van der Waals surface area contributed by atoms with Gasteiger partial charge in [-0.2, -0.15) is 0 Å². The first-order valence-corrected chi connectivity index (χ1v) is 9.88. The molecule has 1 fully saturated rings. The lowest BCUT2D eigenvalue weighted by atomic mass is 10.2. The molecule has 13 nitrogen and oxygen atoms in total. The van der Waals surface area contributed by atoms with Crippen LogP contribution in [0.3, 0.4) is 0 Å². The number of amides is 1. The third kappa shape index (κ3) is 18.7. The molecule has 0 unspecified atom stereocenters. The van der Waals surface area contributed by atoms with Gasteiger partial charge in [0.2, 0.25) is 0 Å². The predicted molar refractivity (Wildman–Crippen MR) is 117 cm³/mol. The third-order valence-corrected chi connectivity index (χ3v) is 3.72. The molecule has 0 saturated carbocycles. The van der Waals surface area contributed by atoms with Crippen LogP contribution < -0.4 is 5.32 Å². The molecule has 0 aliphatic carbocycles. The highest BCUT2D eigenvalue weighted by molar-refractivity contribution is 5.94. The van der Waals surface area contributed by atoms with Crippen molar-refractivity contribution in [3.05, 3.63) is 54.4 Å². The summed E-state index contributed by atoms with van der Waals surface area (Å²) in [6, 6.07) is 3.44. The molecule has 34 heavy (non-hydrogen) atoms. The maximum absolute atomic E-state index is 11.7. The molecule has 0 radical (unpaired) electrons. The molecule has 2 rings (SSSR count). The number of pyridine rings is 1. The lowest BCUT2D eigenvalue weighted by molar-refractivity contribution is -0.134. The second-order valence-electron chi connectivity index (χ2n) is 6.32. The van der Waals surface area contributed by atoms with Gasteiger partial charge in [-0.3, -0.25) is 14.7 Å². The van der Waals surface area contributed by atoms with Crippen LogP contribution in [0.25, 0.3) is 0 Å². The van der Waals surface area contributed by atoms with Gasteiger partial charge >= 0.3 is 23.9 Å². The molecule has 13 heteroatoms. The number of carboxylic acid groups (broad SMARTS) is 4. The average Bonchev–Trinajstić information content (AvgIpc) is 2.81. The van der Waals surface area contributed by atoms with E-state index in [0.29, 0.717) is 36.4 Å². The normalized spacial score (nSPS) is 13.2. The van der Waals surface area contributed by atoms with Gasteiger partial charge in [-0.05, 0) is 25.1 Å². The van der Waals surface area contributed by atoms with Crippen molar-refractivity contribution in [3.63, 3.8) is 0 Å². The van der Waals surface area contributed by atoms with Crippen molar-refractivity contribution < 1.29 is 49.1 Å². The number of aliphatic carboxylic acids is 4. The maximum atomic E-state index is 11.7. The van der Waals surface area contributed by atoms with Crippen LogP contribution in [0.4, 0.5) is 0 Å². The monoisotopic (exact) mass is 481 g/mol. The van der Waals surface area contributed by atoms with Crippen molar-refractivity contribution in [3.8, 4) is 0 Å². The van der Waals surface area contributed by atoms with Gasteiger partial charge < -0.3 is 30.5 Å². The Hall–Kier alpha value is -4.10. The van der Waals surface area contributed by atoms with Crippen LogP contribution in [0.1, 0.15) is 16.8 Å². The summed E-state index contributed by atoms with van der Waals surface area (Å²) in [6.07, 6.45) is 6.46. The first kappa shape index (κ1) is 29.9. The minimum absolute atomic E-state index is 0.0284. The Labute approximate surface area is 195 Å². The van der Waals surface area contributed by atoms with Crippen LogP contribution in [0.5, 0.6) is 0 Å². The summed E-state index contributed by atoms with van der Waals surface area (Å²) in [5.74, 6) is -5.06. The van der Waals surface area contributed by atoms with Gasteiger partial charge in [0.1, 0.15) is 0 Å². The summed E-state index contributed by atoms with van der Waals surface area (Å²) >= 11 is 0. The van der Waals surface area contributed by atoms with E-state index in [4.69, 9.17) is 25.2 Å². The summed E-state index contributed by atoms with van der Waals surface area (Å²) < 4.78 is 5.28. The van der Waals surface area contributed by atoms with Crippen molar-refractivity contribution >= 4 is 29.8 Å². The van der Waals surface area contributed by atoms with Gasteiger partial charge in [0.05, 0.1) is 13.2 Å². The topological polar surface area (TPSA) is 204 Å². The van der Waals surface area contributed by atoms with E-state index in [1.54, 1.807) is 24.5 Å². The predicted octanol–water partition coefficient (Wildman–Crippen LogP) is -0.0427. The molecule has 0 aromatic carbocycles. The number of carboxylic acids is 4. The Morgan fingerprint density at radius 1 is 0.853 bits per heavy atom. The summed E-state index contributed by atoms with van der Waals surface area (Å²) in [6.45, 7) is 5.36. The molecule has 0 spiro atoms. The lowest BCUT2D eigenvalue weighted by Gasteiger charge is -2.26. The number of nitrogens with zero attached hydrogens (tertiary/aromatic N) is 2. The average molecular weight is 481 g/mol. The van der Waals surface area contributed by atoms with E-state index >= 15 is 0 Å². The fourth-order valence-electron chi connectivity index (χ4n) is 2.22. The lowest BCUT2D eigenvalue weighted by Crippen LogP contribution is -2.38. The molecule has 1 saturated heterocycles. The Morgan fingerprint density at radius 2 is 1.29 bits per heavy atom. The Morgan fingerprint density at radius 3 is 1.71 bits per heavy atom. The molecule has 1 aliphatic rings. The van der Waals surface area contributed by atoms with Crippen LogP contribution in [-0.2, 0) is 23.9 Å². The molecule has 0 atom stereocenters. The van der Waals surface area contributed by atoms with Gasteiger partial charge in [-0.15, -0.1) is 0 Å². The standard InChI is InChI=1S/C13H19N3O2.2C4H4O4/c17-13(12-2-5-14-6-3-12)15-4-1-7-16-8-10-18-11-9-16;2*5-3(6)1-2-4(7)8/h2-3,5-6H,1,4,7-11H2,(H,15,17);2*1-2H,(H,5,6)(H,7,8)/b;2*2-1+. The van der Waals surface area contributed by atoms with Crippen molar-refractivity contribution in [2.75, 3.05) is 39.4 Å². The number of hydrogen-bond acceptors (Lipinski definition) is 8. The van der Waals surface area contributed by atoms with E-state index in [0.717, 1.165) is 39.3 Å². The van der Waals surface area contributed by atoms with E-state index in [1.807, 2.05) is 0 Å². The van der Waals surface area contributed by atoms with Crippen molar-refractivity contribution in [1.29, 1.82) is 0 Å². The highest BCUT2D eigenvalue weighted by Crippen LogP contribution is 1.98. The zero-order valence-electron chi connectivity index (χ0n) is 18.2. The maximum Gasteiger partial charge on any atom is 0.328 e. The summed E-state index contributed by atoms with van der Waals surface area (Å²) in [4.78, 5) is 56.2. The fourth-order valence-corrected chi connectivity index (χ4v) is 2.22. The molecular weight excluding hydrogens is 454 g/mol. The highest BCUT2D eigenvalue weighted by Gasteiger charge is 2.09. The van der Waals surface area contributed by atoms with E-state index < -0.39 is 23.9 Å². The minimum Gasteiger partial charge on any atom is -0.478 e. The van der Waals surface area contributed by atoms with Crippen LogP contribution in [0.2, 0.25) is 0 Å². The summed E-state index contributed by atoms with van der Waals surface area (Å²) in [5, 5.41) is 34.2. The van der Waals surface area contributed by atoms with E-state index in [2.05, 4.69) is 15.2 Å². The highest BCUT2D eigenvalue weighted by atomic mass is 16.5. The molecule has 186 valence electrons. The van der Waals surface area contributed by atoms with Crippen LogP contribution in [0.15, 0.2) is 48.8 Å². The quantitative estimate of drug-likeness (QED) is 0.233. The molecule has 1 aliphatic heterocycles. The SMILES string of the molecule is O=C(NCCCN1CCOCC1)c1ccncc1.O=C(O)/C=C/C(=O)O.O=C(O)/C=C/C(=O)O. The third-order valence-electron chi connectivity index (χ3n) is 3.72. The molecule has 1 amide bonds. The Kier molecular flexibility index (Phi) is 16.2. The molecule has 1 aromatic heterocycles. The van der Waals surface area contributed by atoms with E-state index in [9.17, 15) is 24.0 Å². The van der Waals surface area contributed by atoms with Crippen LogP contribution >= 0.6 is 0 Å². The van der Waals surface area contributed by atoms with Gasteiger partial charge in [0.25, 0.3) is 5.91 Å². The van der Waals surface area contributed by atoms with E-state index in [-0.39, 0.29) is 5.91 Å². The number of carbonyl (C=O) groups is 5. The first-order chi connectivity index (χ1) is 16.1. The molecule has 0 bridgehead atoms. The first-order valence-electron chi connectivity index (χ1n) is 9.88. The molecule has 2 heterocycles. The number of ether oxygens (including phenoxy) is 1. The summed E-state index contributed by atoms with van der Waals surface area (Å²) in [7, 11) is 0. The van der Waals surface area contributed by atoms with Crippen molar-refractivity contribution in [2.24, 2.45) is 0 Å². The minimum atomic E-state index is -1.26. The zero-order chi connectivity index (χ0) is 25.8. The largest absolute Gasteiger partial charge is 0.478 e. The van der Waals surface area contributed by atoms with Gasteiger partial charge in [0, 0.05) is 61.9 Å². The summed E-state index contributed by atoms with van der Waals surface area (Å²) in [5.41, 5.74) is 0.663. The van der Waals surface area contributed by atoms with Gasteiger partial charge in [-0.1, -0.05) is 0 Å². The number of hydrogen-bond donors (Lipinski definition) is 5. The number of carbonyl (C=O) groups excluding carboxylic acids is 1. The number of aromatic nitrogens is 1. The van der Waals surface area contributed by atoms with Crippen LogP contribution in [0, 0.1) is 0 Å². The number of morpholine rings is 1. The van der Waals surface area contributed by atoms with Gasteiger partial charge in [-0.25, -0.2) is 19.2 Å². The zero-order valence-corrected chi connectivity index (χ0v) is 18.2. The Balaban J connectivity index is 0.000000570. The molecule has 1 aromatic rings. The Bertz CT molecular complexity index is 784. The molecular formula is C21H27N3O10. The van der Waals surface area contributed by atoms with Crippen molar-refractivity contribution in [1.82, 2.24) is 15.2 Å². The second kappa shape index (κ2) is 18.5. The van der Waals surface area contributed by atoms with Crippen molar-refractivity contribution in [2.45, 2.75) is 6.42 Å². The van der Waals surface area contributed by atoms with Gasteiger partial charge in [0.15, 0.2) is 0 Å². The fraction of sp³-hybridized carbons (Fsp3) is 0.333. The van der Waals surface area contributed by atoms with E-state index in [1.165, 1.54) is 0 Å². The van der Waals surface area contributed by atoms with Crippen LogP contribution in [-0.4, -0.2) is 99.5 Å².